The molecule has 0 bridgehead atoms. The number of benzene rings is 2. The van der Waals surface area contributed by atoms with Crippen molar-refractivity contribution in [3.63, 3.8) is 0 Å². The summed E-state index contributed by atoms with van der Waals surface area (Å²) in [5.41, 5.74) is 4.63. The molecule has 1 atom stereocenters. The van der Waals surface area contributed by atoms with Crippen LogP contribution in [0.15, 0.2) is 48.5 Å². The molecule has 25 heavy (non-hydrogen) atoms. The zero-order valence-electron chi connectivity index (χ0n) is 14.2. The molecule has 1 aliphatic carbocycles. The van der Waals surface area contributed by atoms with E-state index < -0.39 is 17.4 Å². The van der Waals surface area contributed by atoms with Crippen molar-refractivity contribution in [1.29, 1.82) is 0 Å². The number of alkyl carbamates (subject to hydrolysis) is 1. The quantitative estimate of drug-likeness (QED) is 0.811. The number of carbonyl (C=O) groups is 2. The van der Waals surface area contributed by atoms with Gasteiger partial charge in [0.25, 0.3) is 0 Å². The Morgan fingerprint density at radius 1 is 1.04 bits per heavy atom. The van der Waals surface area contributed by atoms with Crippen LogP contribution in [0.4, 0.5) is 4.79 Å². The molecule has 0 saturated heterocycles. The topological polar surface area (TPSA) is 55.4 Å². The number of fused-ring (bicyclic) bond motifs is 3. The third-order valence-corrected chi connectivity index (χ3v) is 4.76. The van der Waals surface area contributed by atoms with Crippen molar-refractivity contribution in [2.24, 2.45) is 5.92 Å². The maximum Gasteiger partial charge on any atom is 0.407 e. The van der Waals surface area contributed by atoms with E-state index in [9.17, 15) is 9.59 Å². The van der Waals surface area contributed by atoms with E-state index in [1.165, 1.54) is 11.1 Å². The van der Waals surface area contributed by atoms with Crippen molar-refractivity contribution in [2.45, 2.75) is 25.8 Å². The van der Waals surface area contributed by atoms with Gasteiger partial charge in [0.2, 0.25) is 5.24 Å². The van der Waals surface area contributed by atoms with Crippen LogP contribution in [0.3, 0.4) is 0 Å². The van der Waals surface area contributed by atoms with Gasteiger partial charge in [0.15, 0.2) is 0 Å². The Bertz CT molecular complexity index is 758. The summed E-state index contributed by atoms with van der Waals surface area (Å²) < 4.78 is 5.41. The van der Waals surface area contributed by atoms with Crippen LogP contribution in [0.5, 0.6) is 0 Å². The van der Waals surface area contributed by atoms with Gasteiger partial charge in [-0.3, -0.25) is 4.79 Å². The van der Waals surface area contributed by atoms with Crippen LogP contribution >= 0.6 is 11.6 Å². The smallest absolute Gasteiger partial charge is 0.407 e. The van der Waals surface area contributed by atoms with Gasteiger partial charge in [-0.1, -0.05) is 62.4 Å². The van der Waals surface area contributed by atoms with Gasteiger partial charge < -0.3 is 10.1 Å². The van der Waals surface area contributed by atoms with Crippen molar-refractivity contribution in [3.8, 4) is 11.1 Å². The van der Waals surface area contributed by atoms with Crippen molar-refractivity contribution >= 4 is 22.9 Å². The molecule has 1 N–H and O–H groups in total. The average Bonchev–Trinajstić information content (AvgIpc) is 2.91. The largest absolute Gasteiger partial charge is 0.449 e. The van der Waals surface area contributed by atoms with Gasteiger partial charge in [-0.15, -0.1) is 0 Å². The highest BCUT2D eigenvalue weighted by Crippen LogP contribution is 2.44. The molecule has 0 radical (unpaired) electrons. The number of amides is 1. The SMILES string of the molecule is CC(C)[C@@H](NC(=O)OCC1c2ccccc2-c2ccccc21)C(=O)Cl. The van der Waals surface area contributed by atoms with Crippen LogP contribution in [0.2, 0.25) is 0 Å². The van der Waals surface area contributed by atoms with Gasteiger partial charge in [-0.2, -0.15) is 0 Å². The Morgan fingerprint density at radius 2 is 1.56 bits per heavy atom. The summed E-state index contributed by atoms with van der Waals surface area (Å²) in [6.45, 7) is 3.84. The first kappa shape index (κ1) is 17.5. The number of nitrogens with one attached hydrogen (secondary N) is 1. The van der Waals surface area contributed by atoms with Crippen LogP contribution in [0, 0.1) is 5.92 Å². The van der Waals surface area contributed by atoms with Crippen molar-refractivity contribution in [3.05, 3.63) is 59.7 Å². The highest BCUT2D eigenvalue weighted by Gasteiger charge is 2.30. The van der Waals surface area contributed by atoms with E-state index >= 15 is 0 Å². The number of hydrogen-bond donors (Lipinski definition) is 1. The van der Waals surface area contributed by atoms with Crippen molar-refractivity contribution < 1.29 is 14.3 Å². The molecule has 0 unspecified atom stereocenters. The van der Waals surface area contributed by atoms with Gasteiger partial charge in [0, 0.05) is 5.92 Å². The summed E-state index contributed by atoms with van der Waals surface area (Å²) in [5, 5.41) is 1.95. The fourth-order valence-electron chi connectivity index (χ4n) is 3.25. The molecule has 2 aromatic carbocycles. The molecule has 0 aromatic heterocycles. The molecule has 0 aliphatic heterocycles. The van der Waals surface area contributed by atoms with Crippen LogP contribution in [0.25, 0.3) is 11.1 Å². The van der Waals surface area contributed by atoms with Gasteiger partial charge in [-0.25, -0.2) is 4.79 Å². The first-order valence-electron chi connectivity index (χ1n) is 8.30. The molecular weight excluding hydrogens is 338 g/mol. The zero-order chi connectivity index (χ0) is 18.0. The Morgan fingerprint density at radius 3 is 2.04 bits per heavy atom. The second-order valence-corrected chi connectivity index (χ2v) is 6.87. The Balaban J connectivity index is 1.73. The lowest BCUT2D eigenvalue weighted by Crippen LogP contribution is -2.43. The van der Waals surface area contributed by atoms with Crippen LogP contribution in [-0.2, 0) is 9.53 Å². The highest BCUT2D eigenvalue weighted by atomic mass is 35.5. The molecule has 1 aliphatic rings. The van der Waals surface area contributed by atoms with Crippen LogP contribution < -0.4 is 5.32 Å². The summed E-state index contributed by atoms with van der Waals surface area (Å²) in [5.74, 6) is -0.118. The number of hydrogen-bond acceptors (Lipinski definition) is 3. The summed E-state index contributed by atoms with van der Waals surface area (Å²) in [4.78, 5) is 23.5. The van der Waals surface area contributed by atoms with E-state index in [0.717, 1.165) is 11.1 Å². The number of rotatable bonds is 5. The fourth-order valence-corrected chi connectivity index (χ4v) is 3.56. The summed E-state index contributed by atoms with van der Waals surface area (Å²) in [6, 6.07) is 15.5. The third-order valence-electron chi connectivity index (χ3n) is 4.53. The van der Waals surface area contributed by atoms with E-state index in [2.05, 4.69) is 29.6 Å². The predicted molar refractivity (Wildman–Crippen MR) is 97.7 cm³/mol. The monoisotopic (exact) mass is 357 g/mol. The van der Waals surface area contributed by atoms with Crippen molar-refractivity contribution in [2.75, 3.05) is 6.61 Å². The third kappa shape index (κ3) is 3.54. The number of ether oxygens (including phenoxy) is 1. The maximum absolute atomic E-state index is 12.1. The first-order valence-corrected chi connectivity index (χ1v) is 8.67. The van der Waals surface area contributed by atoms with E-state index in [1.54, 1.807) is 0 Å². The first-order chi connectivity index (χ1) is 12.0. The van der Waals surface area contributed by atoms with Crippen LogP contribution in [-0.4, -0.2) is 24.0 Å². The zero-order valence-corrected chi connectivity index (χ0v) is 14.9. The van der Waals surface area contributed by atoms with Gasteiger partial charge in [0.1, 0.15) is 12.6 Å². The molecule has 4 nitrogen and oxygen atoms in total. The minimum absolute atomic E-state index is 0.0117. The van der Waals surface area contributed by atoms with E-state index in [1.807, 2.05) is 38.1 Å². The van der Waals surface area contributed by atoms with Gasteiger partial charge >= 0.3 is 6.09 Å². The van der Waals surface area contributed by atoms with Crippen LogP contribution in [0.1, 0.15) is 30.9 Å². The predicted octanol–water partition coefficient (Wildman–Crippen LogP) is 4.32. The number of halogens is 1. The Hall–Kier alpha value is -2.33. The second-order valence-electron chi connectivity index (χ2n) is 6.50. The minimum atomic E-state index is -0.752. The Kier molecular flexibility index (Phi) is 5.09. The van der Waals surface area contributed by atoms with E-state index in [-0.39, 0.29) is 18.4 Å². The molecule has 2 aromatic rings. The summed E-state index contributed by atoms with van der Waals surface area (Å²) in [6.07, 6.45) is -0.630. The molecule has 0 heterocycles. The highest BCUT2D eigenvalue weighted by molar-refractivity contribution is 6.64. The lowest BCUT2D eigenvalue weighted by molar-refractivity contribution is -0.114. The second kappa shape index (κ2) is 7.28. The lowest BCUT2D eigenvalue weighted by atomic mass is 9.98. The summed E-state index contributed by atoms with van der Waals surface area (Å²) in [7, 11) is 0. The molecule has 0 fully saturated rings. The van der Waals surface area contributed by atoms with Gasteiger partial charge in [0.05, 0.1) is 0 Å². The maximum atomic E-state index is 12.1. The molecule has 1 amide bonds. The molecule has 0 saturated carbocycles. The molecule has 5 heteroatoms. The average molecular weight is 358 g/mol. The molecular formula is C20H20ClNO3. The van der Waals surface area contributed by atoms with Gasteiger partial charge in [-0.05, 0) is 39.8 Å². The molecule has 130 valence electrons. The molecule has 3 rings (SSSR count). The fraction of sp³-hybridized carbons (Fsp3) is 0.300. The lowest BCUT2D eigenvalue weighted by Gasteiger charge is -2.19. The van der Waals surface area contributed by atoms with E-state index in [4.69, 9.17) is 16.3 Å². The molecule has 0 spiro atoms. The van der Waals surface area contributed by atoms with E-state index in [0.29, 0.717) is 0 Å². The van der Waals surface area contributed by atoms with Crippen molar-refractivity contribution in [1.82, 2.24) is 5.32 Å². The Labute approximate surface area is 152 Å². The standard InChI is InChI=1S/C20H20ClNO3/c1-12(2)18(19(21)23)22-20(24)25-11-17-15-9-5-3-7-13(15)14-8-4-6-10-16(14)17/h3-10,12,17-18H,11H2,1-2H3,(H,22,24)/t18-/m1/s1. The normalized spacial score (nSPS) is 13.9. The summed E-state index contributed by atoms with van der Waals surface area (Å²) >= 11 is 5.53. The minimum Gasteiger partial charge on any atom is -0.449 e. The number of carbonyl (C=O) groups excluding carboxylic acids is 2.